The fourth-order valence-electron chi connectivity index (χ4n) is 2.36. The highest BCUT2D eigenvalue weighted by atomic mass is 16.5. The average molecular weight is 278 g/mol. The van der Waals surface area contributed by atoms with Gasteiger partial charge in [-0.1, -0.05) is 12.1 Å². The van der Waals surface area contributed by atoms with Gasteiger partial charge in [0.25, 0.3) is 0 Å². The summed E-state index contributed by atoms with van der Waals surface area (Å²) >= 11 is 0. The van der Waals surface area contributed by atoms with E-state index in [0.29, 0.717) is 38.2 Å². The molecule has 1 aromatic carbocycles. The molecule has 108 valence electrons. The molecular weight excluding hydrogens is 260 g/mol. The maximum atomic E-state index is 11.9. The fourth-order valence-corrected chi connectivity index (χ4v) is 2.36. The molecule has 1 aliphatic rings. The zero-order chi connectivity index (χ0) is 14.5. The lowest BCUT2D eigenvalue weighted by Crippen LogP contribution is -2.39. The smallest absolute Gasteiger partial charge is 0.335 e. The molecule has 1 aliphatic heterocycles. The number of rotatable bonds is 5. The predicted molar refractivity (Wildman–Crippen MR) is 72.4 cm³/mol. The second-order valence-corrected chi connectivity index (χ2v) is 4.65. The van der Waals surface area contributed by atoms with E-state index < -0.39 is 5.97 Å². The Bertz CT molecular complexity index is 516. The zero-order valence-corrected chi connectivity index (χ0v) is 11.2. The summed E-state index contributed by atoms with van der Waals surface area (Å²) in [4.78, 5) is 24.8. The number of ether oxygens (including phenoxy) is 1. The molecule has 0 fully saturated rings. The molecule has 0 aliphatic carbocycles. The first-order valence-corrected chi connectivity index (χ1v) is 6.53. The van der Waals surface area contributed by atoms with Crippen LogP contribution in [0, 0.1) is 0 Å². The lowest BCUT2D eigenvalue weighted by molar-refractivity contribution is -0.136. The molecule has 0 aromatic heterocycles. The van der Waals surface area contributed by atoms with Gasteiger partial charge in [0.1, 0.15) is 6.61 Å². The van der Waals surface area contributed by atoms with Crippen LogP contribution >= 0.6 is 0 Å². The molecule has 0 saturated heterocycles. The van der Waals surface area contributed by atoms with Gasteiger partial charge in [0.15, 0.2) is 0 Å². The van der Waals surface area contributed by atoms with Gasteiger partial charge >= 0.3 is 5.97 Å². The van der Waals surface area contributed by atoms with E-state index in [9.17, 15) is 9.59 Å². The SMILES string of the molecule is NCCOCC(=O)N1CCc2c(cccc2C(=O)O)C1. The predicted octanol–water partition coefficient (Wildman–Crippen LogP) is 0.245. The monoisotopic (exact) mass is 278 g/mol. The van der Waals surface area contributed by atoms with Gasteiger partial charge in [-0.3, -0.25) is 4.79 Å². The minimum atomic E-state index is -0.923. The standard InChI is InChI=1S/C14H18N2O4/c15-5-7-20-9-13(17)16-6-4-11-10(8-16)2-1-3-12(11)14(18)19/h1-3H,4-9,15H2,(H,18,19). The number of hydrogen-bond donors (Lipinski definition) is 2. The number of nitrogens with two attached hydrogens (primary N) is 1. The van der Waals surface area contributed by atoms with Crippen LogP contribution in [0.5, 0.6) is 0 Å². The minimum absolute atomic E-state index is 0.0190. The summed E-state index contributed by atoms with van der Waals surface area (Å²) in [5.74, 6) is -1.02. The van der Waals surface area contributed by atoms with E-state index >= 15 is 0 Å². The number of fused-ring (bicyclic) bond motifs is 1. The molecule has 0 radical (unpaired) electrons. The number of amides is 1. The number of hydrogen-bond acceptors (Lipinski definition) is 4. The molecule has 0 saturated carbocycles. The van der Waals surface area contributed by atoms with Gasteiger partial charge in [-0.15, -0.1) is 0 Å². The molecule has 6 heteroatoms. The van der Waals surface area contributed by atoms with Crippen LogP contribution in [0.15, 0.2) is 18.2 Å². The van der Waals surface area contributed by atoms with Crippen molar-refractivity contribution in [3.05, 3.63) is 34.9 Å². The molecule has 1 aromatic rings. The molecule has 2 rings (SSSR count). The first-order valence-electron chi connectivity index (χ1n) is 6.53. The Morgan fingerprint density at radius 3 is 2.90 bits per heavy atom. The summed E-state index contributed by atoms with van der Waals surface area (Å²) in [5.41, 5.74) is 7.34. The topological polar surface area (TPSA) is 92.9 Å². The highest BCUT2D eigenvalue weighted by Gasteiger charge is 2.23. The molecule has 1 amide bonds. The first kappa shape index (κ1) is 14.5. The molecule has 0 spiro atoms. The number of nitrogens with zero attached hydrogens (tertiary/aromatic N) is 1. The van der Waals surface area contributed by atoms with E-state index in [-0.39, 0.29) is 12.5 Å². The normalized spacial score (nSPS) is 13.9. The Labute approximate surface area is 117 Å². The van der Waals surface area contributed by atoms with Crippen molar-refractivity contribution in [2.45, 2.75) is 13.0 Å². The van der Waals surface area contributed by atoms with Crippen molar-refractivity contribution in [3.63, 3.8) is 0 Å². The molecule has 20 heavy (non-hydrogen) atoms. The Hall–Kier alpha value is -1.92. The number of carbonyl (C=O) groups is 2. The molecule has 0 bridgehead atoms. The van der Waals surface area contributed by atoms with Crippen LogP contribution in [0.3, 0.4) is 0 Å². The summed E-state index contributed by atoms with van der Waals surface area (Å²) in [5, 5.41) is 9.15. The van der Waals surface area contributed by atoms with Gasteiger partial charge in [0.05, 0.1) is 12.2 Å². The number of carbonyl (C=O) groups excluding carboxylic acids is 1. The van der Waals surface area contributed by atoms with E-state index in [1.807, 2.05) is 6.07 Å². The third-order valence-corrected chi connectivity index (χ3v) is 3.34. The van der Waals surface area contributed by atoms with Crippen molar-refractivity contribution in [1.29, 1.82) is 0 Å². The van der Waals surface area contributed by atoms with Crippen molar-refractivity contribution in [2.75, 3.05) is 26.3 Å². The van der Waals surface area contributed by atoms with Gasteiger partial charge in [0, 0.05) is 19.6 Å². The van der Waals surface area contributed by atoms with Crippen LogP contribution in [-0.2, 0) is 22.5 Å². The number of carboxylic acids is 1. The van der Waals surface area contributed by atoms with Gasteiger partial charge in [-0.2, -0.15) is 0 Å². The van der Waals surface area contributed by atoms with E-state index in [1.54, 1.807) is 17.0 Å². The first-order chi connectivity index (χ1) is 9.63. The molecule has 0 atom stereocenters. The molecule has 1 heterocycles. The highest BCUT2D eigenvalue weighted by Crippen LogP contribution is 2.22. The van der Waals surface area contributed by atoms with Crippen molar-refractivity contribution >= 4 is 11.9 Å². The molecular formula is C14H18N2O4. The van der Waals surface area contributed by atoms with Crippen molar-refractivity contribution in [3.8, 4) is 0 Å². The van der Waals surface area contributed by atoms with Crippen LogP contribution in [0.2, 0.25) is 0 Å². The van der Waals surface area contributed by atoms with E-state index in [0.717, 1.165) is 11.1 Å². The van der Waals surface area contributed by atoms with Gasteiger partial charge in [-0.05, 0) is 23.6 Å². The minimum Gasteiger partial charge on any atom is -0.478 e. The van der Waals surface area contributed by atoms with E-state index in [4.69, 9.17) is 15.6 Å². The van der Waals surface area contributed by atoms with E-state index in [2.05, 4.69) is 0 Å². The third-order valence-electron chi connectivity index (χ3n) is 3.34. The summed E-state index contributed by atoms with van der Waals surface area (Å²) in [6.07, 6.45) is 0.556. The Kier molecular flexibility index (Phi) is 4.70. The highest BCUT2D eigenvalue weighted by molar-refractivity contribution is 5.90. The quantitative estimate of drug-likeness (QED) is 0.753. The summed E-state index contributed by atoms with van der Waals surface area (Å²) in [6, 6.07) is 5.17. The van der Waals surface area contributed by atoms with Crippen LogP contribution < -0.4 is 5.73 Å². The van der Waals surface area contributed by atoms with Gasteiger partial charge in [-0.25, -0.2) is 4.79 Å². The lowest BCUT2D eigenvalue weighted by Gasteiger charge is -2.29. The van der Waals surface area contributed by atoms with Crippen LogP contribution in [0.1, 0.15) is 21.5 Å². The lowest BCUT2D eigenvalue weighted by atomic mass is 9.94. The Morgan fingerprint density at radius 2 is 2.20 bits per heavy atom. The van der Waals surface area contributed by atoms with Crippen LogP contribution in [-0.4, -0.2) is 48.2 Å². The number of aromatic carboxylic acids is 1. The summed E-state index contributed by atoms with van der Waals surface area (Å²) < 4.78 is 5.14. The molecule has 6 nitrogen and oxygen atoms in total. The molecule has 3 N–H and O–H groups in total. The second kappa shape index (κ2) is 6.49. The third kappa shape index (κ3) is 3.15. The zero-order valence-electron chi connectivity index (χ0n) is 11.2. The maximum Gasteiger partial charge on any atom is 0.335 e. The summed E-state index contributed by atoms with van der Waals surface area (Å²) in [7, 11) is 0. The Balaban J connectivity index is 2.06. The average Bonchev–Trinajstić information content (AvgIpc) is 2.46. The van der Waals surface area contributed by atoms with Crippen molar-refractivity contribution < 1.29 is 19.4 Å². The second-order valence-electron chi connectivity index (χ2n) is 4.65. The summed E-state index contributed by atoms with van der Waals surface area (Å²) in [6.45, 7) is 1.71. The van der Waals surface area contributed by atoms with Gasteiger partial charge in [0.2, 0.25) is 5.91 Å². The number of benzene rings is 1. The number of carboxylic acid groups (broad SMARTS) is 1. The largest absolute Gasteiger partial charge is 0.478 e. The van der Waals surface area contributed by atoms with Crippen LogP contribution in [0.4, 0.5) is 0 Å². The Morgan fingerprint density at radius 1 is 1.40 bits per heavy atom. The van der Waals surface area contributed by atoms with Crippen molar-refractivity contribution in [1.82, 2.24) is 4.90 Å². The molecule has 0 unspecified atom stereocenters. The van der Waals surface area contributed by atoms with Gasteiger partial charge < -0.3 is 20.5 Å². The van der Waals surface area contributed by atoms with Crippen molar-refractivity contribution in [2.24, 2.45) is 5.73 Å². The van der Waals surface area contributed by atoms with E-state index in [1.165, 1.54) is 0 Å². The fraction of sp³-hybridized carbons (Fsp3) is 0.429. The van der Waals surface area contributed by atoms with Crippen LogP contribution in [0.25, 0.3) is 0 Å². The maximum absolute atomic E-state index is 11.9.